The van der Waals surface area contributed by atoms with Gasteiger partial charge in [0.2, 0.25) is 0 Å². The summed E-state index contributed by atoms with van der Waals surface area (Å²) in [6.07, 6.45) is -3.81. The van der Waals surface area contributed by atoms with Crippen LogP contribution in [0, 0.1) is 10.7 Å². The molecule has 3 N–H and O–H groups in total. The van der Waals surface area contributed by atoms with Gasteiger partial charge in [-0.1, -0.05) is 29.8 Å². The van der Waals surface area contributed by atoms with E-state index in [1.807, 2.05) is 7.05 Å². The summed E-state index contributed by atoms with van der Waals surface area (Å²) in [4.78, 5) is 4.25. The van der Waals surface area contributed by atoms with Gasteiger partial charge >= 0.3 is 112 Å². The third kappa shape index (κ3) is 6.60. The standard InChI is InChI=1S/C11H10F3N3.C8H11N.Pt/c1-17-7-15-10(16-17)6-8-2-4-9(5-3-8)11(12,13)14;1-7-2-4-8(6-9)5-3-7;/h2-5H,6H2,1H3,(H,15,16);2-5H,6,9H2,1H3;. The van der Waals surface area contributed by atoms with Crippen LogP contribution in [0.25, 0.3) is 0 Å². The number of aromatic amines is 1. The molecule has 0 saturated carbocycles. The molecule has 0 saturated heterocycles. The minimum absolute atomic E-state index is 0.481. The first kappa shape index (κ1) is 21.3. The van der Waals surface area contributed by atoms with Gasteiger partial charge in [-0.05, 0) is 12.5 Å². The Balaban J connectivity index is 0.000000244. The molecular formula is C19H21F3N4Pt. The molecule has 8 heteroatoms. The molecule has 0 spiro atoms. The van der Waals surface area contributed by atoms with Crippen molar-refractivity contribution in [2.24, 2.45) is 12.8 Å². The number of H-pyrrole nitrogens is 1. The molecule has 4 nitrogen and oxygen atoms in total. The molecule has 0 amide bonds. The first-order chi connectivity index (χ1) is 12.7. The molecule has 0 radical (unpaired) electrons. The van der Waals surface area contributed by atoms with Gasteiger partial charge in [-0.25, -0.2) is 0 Å². The topological polar surface area (TPSA) is 59.6 Å². The zero-order chi connectivity index (χ0) is 20.0. The van der Waals surface area contributed by atoms with Crippen LogP contribution in [0.5, 0.6) is 0 Å². The van der Waals surface area contributed by atoms with E-state index in [1.165, 1.54) is 23.3 Å². The van der Waals surface area contributed by atoms with Crippen molar-refractivity contribution in [2.75, 3.05) is 0 Å². The van der Waals surface area contributed by atoms with Gasteiger partial charge in [0.15, 0.2) is 0 Å². The van der Waals surface area contributed by atoms with Gasteiger partial charge < -0.3 is 5.73 Å². The zero-order valence-corrected chi connectivity index (χ0v) is 17.2. The molecule has 0 atom stereocenters. The van der Waals surface area contributed by atoms with Crippen LogP contribution in [-0.2, 0) is 45.5 Å². The Morgan fingerprint density at radius 1 is 1.04 bits per heavy atom. The number of alkyl halides is 3. The molecule has 2 aromatic carbocycles. The van der Waals surface area contributed by atoms with Crippen molar-refractivity contribution in [1.29, 1.82) is 0 Å². The number of nitrogens with one attached hydrogen (secondary N) is 1. The number of aryl methyl sites for hydroxylation is 2. The van der Waals surface area contributed by atoms with E-state index in [0.29, 0.717) is 13.0 Å². The summed E-state index contributed by atoms with van der Waals surface area (Å²) in [7, 11) is 1.82. The summed E-state index contributed by atoms with van der Waals surface area (Å²) in [5.74, 6) is 0.724. The molecule has 1 aromatic heterocycles. The van der Waals surface area contributed by atoms with Gasteiger partial charge in [0.25, 0.3) is 0 Å². The molecule has 148 valence electrons. The molecule has 0 unspecified atom stereocenters. The van der Waals surface area contributed by atoms with Crippen LogP contribution in [0.2, 0.25) is 0 Å². The summed E-state index contributed by atoms with van der Waals surface area (Å²) < 4.78 is 39.7. The number of benzene rings is 2. The Bertz CT molecular complexity index is 910. The van der Waals surface area contributed by atoms with Crippen LogP contribution >= 0.6 is 0 Å². The zero-order valence-electron chi connectivity index (χ0n) is 15.0. The van der Waals surface area contributed by atoms with Gasteiger partial charge in [-0.3, -0.25) is 0 Å². The fourth-order valence-electron chi connectivity index (χ4n) is 2.25. The normalized spacial score (nSPS) is 11.1. The molecule has 0 aliphatic rings. The van der Waals surface area contributed by atoms with Crippen molar-refractivity contribution in [3.05, 3.63) is 80.4 Å². The van der Waals surface area contributed by atoms with E-state index in [-0.39, 0.29) is 0 Å². The summed E-state index contributed by atoms with van der Waals surface area (Å²) in [6.45, 7) is 2.71. The Morgan fingerprint density at radius 2 is 1.59 bits per heavy atom. The van der Waals surface area contributed by atoms with Gasteiger partial charge in [0.1, 0.15) is 0 Å². The van der Waals surface area contributed by atoms with Crippen LogP contribution in [0.3, 0.4) is 0 Å². The molecule has 3 rings (SSSR count). The van der Waals surface area contributed by atoms with Gasteiger partial charge in [-0.15, -0.1) is 0 Å². The van der Waals surface area contributed by atoms with Crippen LogP contribution in [0.4, 0.5) is 13.2 Å². The summed E-state index contributed by atoms with van der Waals surface area (Å²) in [5.41, 5.74) is 8.03. The second kappa shape index (κ2) is 9.29. The average molecular weight is 557 g/mol. The van der Waals surface area contributed by atoms with Gasteiger partial charge in [0.05, 0.1) is 0 Å². The van der Waals surface area contributed by atoms with E-state index in [1.54, 1.807) is 4.68 Å². The maximum absolute atomic E-state index is 12.4. The van der Waals surface area contributed by atoms with Crippen molar-refractivity contribution < 1.29 is 32.5 Å². The number of hydrogen-bond acceptors (Lipinski definition) is 2. The Labute approximate surface area is 166 Å². The van der Waals surface area contributed by atoms with Crippen LogP contribution in [0.15, 0.2) is 48.5 Å². The number of hydrogen-bond donors (Lipinski definition) is 2. The van der Waals surface area contributed by atoms with Crippen molar-refractivity contribution in [1.82, 2.24) is 14.8 Å². The van der Waals surface area contributed by atoms with E-state index >= 15 is 0 Å². The van der Waals surface area contributed by atoms with E-state index in [9.17, 15) is 13.2 Å². The van der Waals surface area contributed by atoms with Crippen LogP contribution in [0.1, 0.15) is 28.1 Å². The molecule has 27 heavy (non-hydrogen) atoms. The number of rotatable bonds is 3. The number of aromatic nitrogens is 3. The molecule has 3 aromatic rings. The van der Waals surface area contributed by atoms with E-state index in [0.717, 1.165) is 27.3 Å². The Kier molecular flexibility index (Phi) is 7.33. The predicted octanol–water partition coefficient (Wildman–Crippen LogP) is 3.89. The van der Waals surface area contributed by atoms with Crippen molar-refractivity contribution in [3.8, 4) is 0 Å². The number of halogens is 3. The van der Waals surface area contributed by atoms with E-state index < -0.39 is 11.7 Å². The third-order valence-corrected chi connectivity index (χ3v) is 4.80. The second-order valence-corrected chi connectivity index (χ2v) is 7.05. The Hall–Kier alpha value is -1.98. The Morgan fingerprint density at radius 3 is 2.04 bits per heavy atom. The predicted molar refractivity (Wildman–Crippen MR) is 94.1 cm³/mol. The molecule has 0 aliphatic heterocycles. The molecule has 0 aliphatic carbocycles. The van der Waals surface area contributed by atoms with Crippen LogP contribution < -0.4 is 5.73 Å². The summed E-state index contributed by atoms with van der Waals surface area (Å²) >= 11 is 2.06. The van der Waals surface area contributed by atoms with Crippen LogP contribution in [-0.4, -0.2) is 14.8 Å². The molecule has 0 fully saturated rings. The number of nitrogens with zero attached hydrogens (tertiary/aromatic N) is 2. The van der Waals surface area contributed by atoms with Crippen molar-refractivity contribution >= 4 is 0 Å². The van der Waals surface area contributed by atoms with E-state index in [4.69, 9.17) is 5.73 Å². The fraction of sp³-hybridized carbons (Fsp3) is 0.263. The molecular weight excluding hydrogens is 536 g/mol. The van der Waals surface area contributed by atoms with E-state index in [2.05, 4.69) is 60.6 Å². The summed E-state index contributed by atoms with van der Waals surface area (Å²) in [6, 6.07) is 13.4. The number of nitrogens with two attached hydrogens (primary N) is 1. The maximum atomic E-state index is 12.4. The first-order valence-electron chi connectivity index (χ1n) is 8.18. The minimum atomic E-state index is -4.29. The quantitative estimate of drug-likeness (QED) is 0.514. The summed E-state index contributed by atoms with van der Waals surface area (Å²) in [5, 5.41) is 3.01. The third-order valence-electron chi connectivity index (χ3n) is 3.78. The second-order valence-electron chi connectivity index (χ2n) is 6.03. The molecule has 1 heterocycles. The molecule has 0 bridgehead atoms. The average Bonchev–Trinajstić information content (AvgIpc) is 2.93. The van der Waals surface area contributed by atoms with Crippen molar-refractivity contribution in [2.45, 2.75) is 26.1 Å². The monoisotopic (exact) mass is 557 g/mol. The van der Waals surface area contributed by atoms with Crippen molar-refractivity contribution in [3.63, 3.8) is 0 Å². The first-order valence-corrected chi connectivity index (χ1v) is 9.31. The van der Waals surface area contributed by atoms with Gasteiger partial charge in [0, 0.05) is 6.54 Å². The SMILES string of the molecule is Cc1ccc(CN)cc1.Cn1[nH]c(Cc2ccc(C(F)(F)F)cc2)n[c]1=[Pt]. The van der Waals surface area contributed by atoms with Gasteiger partial charge in [-0.2, -0.15) is 0 Å². The fourth-order valence-corrected chi connectivity index (χ4v) is 2.68.